The van der Waals surface area contributed by atoms with Crippen LogP contribution in [0, 0.1) is 0 Å². The van der Waals surface area contributed by atoms with Gasteiger partial charge in [0.2, 0.25) is 5.91 Å². The molecule has 25 heavy (non-hydrogen) atoms. The highest BCUT2D eigenvalue weighted by atomic mass is 16.4. The number of aliphatic carboxylic acids is 1. The Hall–Kier alpha value is -2.66. The molecule has 0 aliphatic carbocycles. The summed E-state index contributed by atoms with van der Waals surface area (Å²) >= 11 is 0. The number of anilines is 1. The van der Waals surface area contributed by atoms with Crippen molar-refractivity contribution < 1.29 is 14.7 Å². The average Bonchev–Trinajstić information content (AvgIpc) is 2.60. The first-order chi connectivity index (χ1) is 12.0. The fraction of sp³-hybridized carbons (Fsp3) is 0.300. The highest BCUT2D eigenvalue weighted by molar-refractivity contribution is 5.95. The van der Waals surface area contributed by atoms with Crippen LogP contribution in [-0.2, 0) is 16.1 Å². The third-order valence-electron chi connectivity index (χ3n) is 3.96. The second-order valence-corrected chi connectivity index (χ2v) is 6.19. The molecule has 0 bridgehead atoms. The number of nitrogens with zero attached hydrogens (tertiary/aromatic N) is 2. The molecule has 0 aromatic heterocycles. The highest BCUT2D eigenvalue weighted by Crippen LogP contribution is 2.18. The predicted octanol–water partition coefficient (Wildman–Crippen LogP) is 3.01. The molecule has 0 unspecified atom stereocenters. The predicted molar refractivity (Wildman–Crippen MR) is 98.4 cm³/mol. The molecule has 0 saturated carbocycles. The summed E-state index contributed by atoms with van der Waals surface area (Å²) in [5.74, 6) is -1.05. The van der Waals surface area contributed by atoms with Crippen molar-refractivity contribution in [3.05, 3.63) is 66.2 Å². The number of carbonyl (C=O) groups excluding carboxylic acids is 1. The number of rotatable bonds is 8. The molecule has 5 nitrogen and oxygen atoms in total. The van der Waals surface area contributed by atoms with E-state index in [1.54, 1.807) is 9.80 Å². The Morgan fingerprint density at radius 1 is 0.920 bits per heavy atom. The largest absolute Gasteiger partial charge is 0.480 e. The Balaban J connectivity index is 2.22. The number of amides is 1. The Labute approximate surface area is 148 Å². The van der Waals surface area contributed by atoms with Gasteiger partial charge in [0.1, 0.15) is 0 Å². The van der Waals surface area contributed by atoms with E-state index in [0.717, 1.165) is 11.3 Å². The summed E-state index contributed by atoms with van der Waals surface area (Å²) in [5.41, 5.74) is 1.82. The van der Waals surface area contributed by atoms with E-state index in [-0.39, 0.29) is 25.0 Å². The van der Waals surface area contributed by atoms with Crippen LogP contribution in [0.1, 0.15) is 19.4 Å². The van der Waals surface area contributed by atoms with Crippen LogP contribution in [0.2, 0.25) is 0 Å². The van der Waals surface area contributed by atoms with Crippen LogP contribution in [0.15, 0.2) is 60.7 Å². The van der Waals surface area contributed by atoms with Crippen molar-refractivity contribution in [2.24, 2.45) is 0 Å². The minimum absolute atomic E-state index is 0.0330. The number of para-hydroxylation sites is 1. The van der Waals surface area contributed by atoms with Gasteiger partial charge in [-0.05, 0) is 31.5 Å². The van der Waals surface area contributed by atoms with Gasteiger partial charge in [-0.15, -0.1) is 0 Å². The van der Waals surface area contributed by atoms with Gasteiger partial charge in [0, 0.05) is 11.7 Å². The zero-order valence-electron chi connectivity index (χ0n) is 14.6. The fourth-order valence-corrected chi connectivity index (χ4v) is 2.55. The topological polar surface area (TPSA) is 60.9 Å². The van der Waals surface area contributed by atoms with Crippen molar-refractivity contribution in [1.29, 1.82) is 0 Å². The van der Waals surface area contributed by atoms with Crippen molar-refractivity contribution >= 4 is 17.6 Å². The maximum absolute atomic E-state index is 12.9. The minimum Gasteiger partial charge on any atom is -0.480 e. The van der Waals surface area contributed by atoms with Crippen LogP contribution in [0.5, 0.6) is 0 Å². The van der Waals surface area contributed by atoms with Gasteiger partial charge in [-0.2, -0.15) is 0 Å². The molecule has 0 radical (unpaired) electrons. The third kappa shape index (κ3) is 5.72. The van der Waals surface area contributed by atoms with Crippen molar-refractivity contribution in [3.8, 4) is 0 Å². The zero-order valence-corrected chi connectivity index (χ0v) is 14.6. The third-order valence-corrected chi connectivity index (χ3v) is 3.96. The quantitative estimate of drug-likeness (QED) is 0.802. The molecular weight excluding hydrogens is 316 g/mol. The summed E-state index contributed by atoms with van der Waals surface area (Å²) < 4.78 is 0. The Bertz CT molecular complexity index is 687. The SMILES string of the molecule is CC(C)N(CC(=O)O)CC(=O)N(Cc1ccccc1)c1ccccc1. The smallest absolute Gasteiger partial charge is 0.317 e. The summed E-state index contributed by atoms with van der Waals surface area (Å²) in [6, 6.07) is 19.2. The monoisotopic (exact) mass is 340 g/mol. The van der Waals surface area contributed by atoms with Crippen molar-refractivity contribution in [2.75, 3.05) is 18.0 Å². The molecule has 5 heteroatoms. The van der Waals surface area contributed by atoms with E-state index in [0.29, 0.717) is 6.54 Å². The van der Waals surface area contributed by atoms with E-state index in [4.69, 9.17) is 5.11 Å². The van der Waals surface area contributed by atoms with Gasteiger partial charge >= 0.3 is 5.97 Å². The normalized spacial score (nSPS) is 10.9. The maximum Gasteiger partial charge on any atom is 0.317 e. The lowest BCUT2D eigenvalue weighted by atomic mass is 10.2. The molecule has 132 valence electrons. The van der Waals surface area contributed by atoms with E-state index >= 15 is 0 Å². The van der Waals surface area contributed by atoms with E-state index in [9.17, 15) is 9.59 Å². The molecule has 2 aromatic carbocycles. The Morgan fingerprint density at radius 3 is 2.00 bits per heavy atom. The van der Waals surface area contributed by atoms with Crippen molar-refractivity contribution in [2.45, 2.75) is 26.4 Å². The number of benzene rings is 2. The van der Waals surface area contributed by atoms with Crippen LogP contribution >= 0.6 is 0 Å². The number of hydrogen-bond acceptors (Lipinski definition) is 3. The van der Waals surface area contributed by atoms with Gasteiger partial charge in [-0.3, -0.25) is 14.5 Å². The van der Waals surface area contributed by atoms with Crippen LogP contribution in [-0.4, -0.2) is 41.0 Å². The van der Waals surface area contributed by atoms with Gasteiger partial charge in [0.05, 0.1) is 19.6 Å². The van der Waals surface area contributed by atoms with Crippen LogP contribution in [0.4, 0.5) is 5.69 Å². The molecular formula is C20H24N2O3. The number of carbonyl (C=O) groups is 2. The first-order valence-corrected chi connectivity index (χ1v) is 8.32. The lowest BCUT2D eigenvalue weighted by molar-refractivity contribution is -0.139. The first-order valence-electron chi connectivity index (χ1n) is 8.32. The van der Waals surface area contributed by atoms with Gasteiger partial charge in [-0.1, -0.05) is 48.5 Å². The van der Waals surface area contributed by atoms with Gasteiger partial charge in [0.15, 0.2) is 0 Å². The zero-order chi connectivity index (χ0) is 18.2. The summed E-state index contributed by atoms with van der Waals surface area (Å²) in [5, 5.41) is 9.07. The fourth-order valence-electron chi connectivity index (χ4n) is 2.55. The van der Waals surface area contributed by atoms with E-state index < -0.39 is 5.97 Å². The number of hydrogen-bond donors (Lipinski definition) is 1. The van der Waals surface area contributed by atoms with Crippen LogP contribution in [0.25, 0.3) is 0 Å². The molecule has 1 N–H and O–H groups in total. The molecule has 1 amide bonds. The number of carboxylic acids is 1. The Morgan fingerprint density at radius 2 is 1.48 bits per heavy atom. The van der Waals surface area contributed by atoms with Gasteiger partial charge in [0.25, 0.3) is 0 Å². The molecule has 0 aliphatic heterocycles. The molecule has 0 heterocycles. The second-order valence-electron chi connectivity index (χ2n) is 6.19. The van der Waals surface area contributed by atoms with E-state index in [1.165, 1.54) is 0 Å². The molecule has 2 rings (SSSR count). The highest BCUT2D eigenvalue weighted by Gasteiger charge is 2.22. The summed E-state index contributed by atoms with van der Waals surface area (Å²) in [6.45, 7) is 4.13. The standard InChI is InChI=1S/C20H24N2O3/c1-16(2)21(15-20(24)25)14-19(23)22(18-11-7-4-8-12-18)13-17-9-5-3-6-10-17/h3-12,16H,13-15H2,1-2H3,(H,24,25). The summed E-state index contributed by atoms with van der Waals surface area (Å²) in [4.78, 5) is 27.4. The van der Waals surface area contributed by atoms with Crippen LogP contribution < -0.4 is 4.90 Å². The lowest BCUT2D eigenvalue weighted by Gasteiger charge is -2.29. The molecule has 0 atom stereocenters. The molecule has 0 fully saturated rings. The number of carboxylic acid groups (broad SMARTS) is 1. The second kappa shape index (κ2) is 8.99. The van der Waals surface area contributed by atoms with E-state index in [1.807, 2.05) is 74.5 Å². The molecule has 0 aliphatic rings. The average molecular weight is 340 g/mol. The van der Waals surface area contributed by atoms with Gasteiger partial charge < -0.3 is 10.0 Å². The molecule has 0 saturated heterocycles. The first kappa shape index (κ1) is 18.7. The Kier molecular flexibility index (Phi) is 6.71. The summed E-state index contributed by atoms with van der Waals surface area (Å²) in [6.07, 6.45) is 0. The minimum atomic E-state index is -0.934. The van der Waals surface area contributed by atoms with Crippen LogP contribution in [0.3, 0.4) is 0 Å². The van der Waals surface area contributed by atoms with E-state index in [2.05, 4.69) is 0 Å². The molecule has 2 aromatic rings. The van der Waals surface area contributed by atoms with Crippen molar-refractivity contribution in [3.63, 3.8) is 0 Å². The maximum atomic E-state index is 12.9. The summed E-state index contributed by atoms with van der Waals surface area (Å²) in [7, 11) is 0. The lowest BCUT2D eigenvalue weighted by Crippen LogP contribution is -2.45. The van der Waals surface area contributed by atoms with Crippen molar-refractivity contribution in [1.82, 2.24) is 4.90 Å². The van der Waals surface area contributed by atoms with Gasteiger partial charge in [-0.25, -0.2) is 0 Å². The molecule has 0 spiro atoms.